The lowest BCUT2D eigenvalue weighted by Crippen LogP contribution is -2.61. The van der Waals surface area contributed by atoms with Crippen LogP contribution < -0.4 is 0 Å². The Balaban J connectivity index is 2.84. The summed E-state index contributed by atoms with van der Waals surface area (Å²) in [5, 5.41) is 10.4. The molecule has 0 aromatic rings. The standard InChI is InChI=1S/C18H36O6/c1-5-9-20-13-14-15(21-10-6-2)16(22-11-7-3)17(18(19)24-14)23-12-8-4/h14-19H,5-13H2,1-4H3/t14?,15-,16-,17?,18+/m1/s1. The molecule has 0 aromatic carbocycles. The molecule has 1 fully saturated rings. The molecule has 1 saturated heterocycles. The van der Waals surface area contributed by atoms with Crippen LogP contribution in [0.25, 0.3) is 0 Å². The van der Waals surface area contributed by atoms with Crippen LogP contribution in [0.15, 0.2) is 0 Å². The number of aliphatic hydroxyl groups excluding tert-OH is 1. The molecule has 5 atom stereocenters. The zero-order valence-corrected chi connectivity index (χ0v) is 15.7. The van der Waals surface area contributed by atoms with Gasteiger partial charge >= 0.3 is 0 Å². The van der Waals surface area contributed by atoms with E-state index in [-0.39, 0.29) is 18.3 Å². The largest absolute Gasteiger partial charge is 0.379 e. The minimum atomic E-state index is -1.03. The fourth-order valence-electron chi connectivity index (χ4n) is 2.70. The summed E-state index contributed by atoms with van der Waals surface area (Å²) < 4.78 is 29.3. The summed E-state index contributed by atoms with van der Waals surface area (Å²) in [5.74, 6) is 0. The van der Waals surface area contributed by atoms with Crippen LogP contribution in [0.1, 0.15) is 53.4 Å². The van der Waals surface area contributed by atoms with Gasteiger partial charge in [0.05, 0.1) is 6.61 Å². The van der Waals surface area contributed by atoms with Crippen molar-refractivity contribution in [2.75, 3.05) is 33.0 Å². The Morgan fingerprint density at radius 2 is 1.21 bits per heavy atom. The molecule has 0 amide bonds. The maximum Gasteiger partial charge on any atom is 0.184 e. The third-order valence-corrected chi connectivity index (χ3v) is 3.78. The Kier molecular flexibility index (Phi) is 11.8. The van der Waals surface area contributed by atoms with Crippen molar-refractivity contribution in [2.24, 2.45) is 0 Å². The monoisotopic (exact) mass is 348 g/mol. The van der Waals surface area contributed by atoms with Gasteiger partial charge < -0.3 is 28.8 Å². The average molecular weight is 348 g/mol. The second-order valence-electron chi connectivity index (χ2n) is 6.15. The number of hydrogen-bond donors (Lipinski definition) is 1. The fourth-order valence-corrected chi connectivity index (χ4v) is 2.70. The first-order valence-electron chi connectivity index (χ1n) is 9.45. The SMILES string of the molecule is CCCOCC1O[C@H](O)C(OCCC)[C@H](OCCC)[C@@H]1OCCC. The van der Waals surface area contributed by atoms with Gasteiger partial charge in [-0.15, -0.1) is 0 Å². The minimum absolute atomic E-state index is 0.307. The van der Waals surface area contributed by atoms with E-state index in [1.165, 1.54) is 0 Å². The fraction of sp³-hybridized carbons (Fsp3) is 1.00. The first-order chi connectivity index (χ1) is 11.7. The molecule has 1 heterocycles. The molecular weight excluding hydrogens is 312 g/mol. The lowest BCUT2D eigenvalue weighted by atomic mass is 9.98. The predicted molar refractivity (Wildman–Crippen MR) is 92.1 cm³/mol. The highest BCUT2D eigenvalue weighted by atomic mass is 16.7. The average Bonchev–Trinajstić information content (AvgIpc) is 2.58. The van der Waals surface area contributed by atoms with E-state index in [2.05, 4.69) is 20.8 Å². The van der Waals surface area contributed by atoms with Gasteiger partial charge in [0, 0.05) is 26.4 Å². The highest BCUT2D eigenvalue weighted by molar-refractivity contribution is 4.92. The van der Waals surface area contributed by atoms with E-state index in [0.29, 0.717) is 33.0 Å². The highest BCUT2D eigenvalue weighted by Gasteiger charge is 2.47. The lowest BCUT2D eigenvalue weighted by Gasteiger charge is -2.44. The zero-order chi connectivity index (χ0) is 17.8. The van der Waals surface area contributed by atoms with E-state index in [9.17, 15) is 5.11 Å². The van der Waals surface area contributed by atoms with Crippen molar-refractivity contribution in [3.05, 3.63) is 0 Å². The van der Waals surface area contributed by atoms with Crippen molar-refractivity contribution in [3.63, 3.8) is 0 Å². The van der Waals surface area contributed by atoms with Crippen LogP contribution in [0.2, 0.25) is 0 Å². The molecule has 1 aliphatic rings. The predicted octanol–water partition coefficient (Wildman–Crippen LogP) is 2.52. The Morgan fingerprint density at radius 1 is 0.708 bits per heavy atom. The molecule has 24 heavy (non-hydrogen) atoms. The van der Waals surface area contributed by atoms with Crippen molar-refractivity contribution in [2.45, 2.75) is 84.1 Å². The quantitative estimate of drug-likeness (QED) is 0.516. The summed E-state index contributed by atoms with van der Waals surface area (Å²) in [7, 11) is 0. The minimum Gasteiger partial charge on any atom is -0.379 e. The zero-order valence-electron chi connectivity index (χ0n) is 15.7. The van der Waals surface area contributed by atoms with Crippen molar-refractivity contribution in [1.82, 2.24) is 0 Å². The molecule has 0 aliphatic carbocycles. The maximum absolute atomic E-state index is 10.4. The molecule has 144 valence electrons. The summed E-state index contributed by atoms with van der Waals surface area (Å²) in [4.78, 5) is 0. The van der Waals surface area contributed by atoms with Crippen LogP contribution in [0.5, 0.6) is 0 Å². The van der Waals surface area contributed by atoms with E-state index in [1.807, 2.05) is 6.92 Å². The molecule has 1 aliphatic heterocycles. The molecule has 1 rings (SSSR count). The van der Waals surface area contributed by atoms with Gasteiger partial charge in [-0.05, 0) is 25.7 Å². The Bertz CT molecular complexity index is 301. The summed E-state index contributed by atoms with van der Waals surface area (Å²) >= 11 is 0. The topological polar surface area (TPSA) is 66.4 Å². The molecule has 0 aromatic heterocycles. The molecule has 0 bridgehead atoms. The third-order valence-electron chi connectivity index (χ3n) is 3.78. The summed E-state index contributed by atoms with van der Waals surface area (Å²) in [5.41, 5.74) is 0. The molecule has 6 heteroatoms. The van der Waals surface area contributed by atoms with E-state index in [4.69, 9.17) is 23.7 Å². The van der Waals surface area contributed by atoms with E-state index in [0.717, 1.165) is 25.7 Å². The van der Waals surface area contributed by atoms with Crippen molar-refractivity contribution in [3.8, 4) is 0 Å². The maximum atomic E-state index is 10.4. The number of hydrogen-bond acceptors (Lipinski definition) is 6. The van der Waals surface area contributed by atoms with Gasteiger partial charge in [-0.2, -0.15) is 0 Å². The lowest BCUT2D eigenvalue weighted by molar-refractivity contribution is -0.312. The molecule has 0 saturated carbocycles. The van der Waals surface area contributed by atoms with Crippen LogP contribution >= 0.6 is 0 Å². The number of ether oxygens (including phenoxy) is 5. The third kappa shape index (κ3) is 6.94. The van der Waals surface area contributed by atoms with Gasteiger partial charge in [-0.1, -0.05) is 27.7 Å². The van der Waals surface area contributed by atoms with Crippen LogP contribution in [0.4, 0.5) is 0 Å². The molecule has 0 spiro atoms. The molecular formula is C18H36O6. The molecule has 1 N–H and O–H groups in total. The van der Waals surface area contributed by atoms with Crippen molar-refractivity contribution < 1.29 is 28.8 Å². The normalized spacial score (nSPS) is 30.6. The number of aliphatic hydroxyl groups is 1. The van der Waals surface area contributed by atoms with Crippen LogP contribution in [-0.2, 0) is 23.7 Å². The summed E-state index contributed by atoms with van der Waals surface area (Å²) in [6, 6.07) is 0. The molecule has 6 nitrogen and oxygen atoms in total. The van der Waals surface area contributed by atoms with Gasteiger partial charge in [0.1, 0.15) is 24.4 Å². The van der Waals surface area contributed by atoms with Gasteiger partial charge in [0.15, 0.2) is 6.29 Å². The molecule has 2 unspecified atom stereocenters. The van der Waals surface area contributed by atoms with Crippen molar-refractivity contribution in [1.29, 1.82) is 0 Å². The van der Waals surface area contributed by atoms with Crippen LogP contribution in [0.3, 0.4) is 0 Å². The van der Waals surface area contributed by atoms with Gasteiger partial charge in [0.25, 0.3) is 0 Å². The van der Waals surface area contributed by atoms with Crippen molar-refractivity contribution >= 4 is 0 Å². The van der Waals surface area contributed by atoms with E-state index >= 15 is 0 Å². The van der Waals surface area contributed by atoms with Crippen LogP contribution in [-0.4, -0.2) is 68.8 Å². The number of rotatable bonds is 13. The Labute approximate surface area is 146 Å². The van der Waals surface area contributed by atoms with Gasteiger partial charge in [0.2, 0.25) is 0 Å². The first kappa shape index (κ1) is 21.8. The summed E-state index contributed by atoms with van der Waals surface area (Å²) in [6.07, 6.45) is 1.01. The van der Waals surface area contributed by atoms with E-state index in [1.54, 1.807) is 0 Å². The van der Waals surface area contributed by atoms with Gasteiger partial charge in [-0.3, -0.25) is 0 Å². The molecule has 0 radical (unpaired) electrons. The summed E-state index contributed by atoms with van der Waals surface area (Å²) in [6.45, 7) is 11.0. The Morgan fingerprint density at radius 3 is 1.75 bits per heavy atom. The van der Waals surface area contributed by atoms with E-state index < -0.39 is 12.4 Å². The van der Waals surface area contributed by atoms with Crippen LogP contribution in [0, 0.1) is 0 Å². The first-order valence-corrected chi connectivity index (χ1v) is 9.45. The highest BCUT2D eigenvalue weighted by Crippen LogP contribution is 2.28. The second-order valence-corrected chi connectivity index (χ2v) is 6.15. The second kappa shape index (κ2) is 13.0. The van der Waals surface area contributed by atoms with Gasteiger partial charge in [-0.25, -0.2) is 0 Å². The smallest absolute Gasteiger partial charge is 0.184 e. The Hall–Kier alpha value is -0.240.